The number of hydrogen-bond donors (Lipinski definition) is 1. The highest BCUT2D eigenvalue weighted by atomic mass is 79.9. The van der Waals surface area contributed by atoms with Gasteiger partial charge in [0.15, 0.2) is 0 Å². The monoisotopic (exact) mass is 311 g/mol. The maximum Gasteiger partial charge on any atom is 0.272 e. The van der Waals surface area contributed by atoms with Gasteiger partial charge in [-0.15, -0.1) is 0 Å². The van der Waals surface area contributed by atoms with Crippen LogP contribution in [-0.4, -0.2) is 34.8 Å². The summed E-state index contributed by atoms with van der Waals surface area (Å²) in [5.41, 5.74) is 5.68. The minimum absolute atomic E-state index is 0.0979. The Labute approximate surface area is 113 Å². The van der Waals surface area contributed by atoms with Crippen molar-refractivity contribution >= 4 is 27.7 Å². The van der Waals surface area contributed by atoms with E-state index in [1.165, 1.54) is 0 Å². The lowest BCUT2D eigenvalue weighted by molar-refractivity contribution is -0.123. The maximum atomic E-state index is 12.2. The van der Waals surface area contributed by atoms with Crippen molar-refractivity contribution in [1.29, 1.82) is 0 Å². The molecule has 0 unspecified atom stereocenters. The number of amides is 2. The van der Waals surface area contributed by atoms with Crippen LogP contribution < -0.4 is 5.73 Å². The second-order valence-electron chi connectivity index (χ2n) is 4.31. The van der Waals surface area contributed by atoms with Crippen LogP contribution >= 0.6 is 15.9 Å². The van der Waals surface area contributed by atoms with Crippen LogP contribution in [0.3, 0.4) is 0 Å². The number of primary amides is 1. The van der Waals surface area contributed by atoms with Gasteiger partial charge in [-0.1, -0.05) is 6.07 Å². The Morgan fingerprint density at radius 2 is 2.00 bits per heavy atom. The summed E-state index contributed by atoms with van der Waals surface area (Å²) in [7, 11) is 0. The molecule has 0 aromatic carbocycles. The quantitative estimate of drug-likeness (QED) is 0.833. The number of pyridine rings is 1. The molecule has 5 nitrogen and oxygen atoms in total. The standard InChI is InChI=1S/C12H14BrN3O2/c13-10-3-1-2-9(15-10)12(18)16-6-4-8(5-7-16)11(14)17/h1-3,8H,4-7H2,(H2,14,17). The van der Waals surface area contributed by atoms with Crippen LogP contribution in [0.4, 0.5) is 0 Å². The number of nitrogens with two attached hydrogens (primary N) is 1. The van der Waals surface area contributed by atoms with Crippen molar-refractivity contribution in [2.24, 2.45) is 11.7 Å². The van der Waals surface area contributed by atoms with Crippen LogP contribution in [0.2, 0.25) is 0 Å². The predicted molar refractivity (Wildman–Crippen MR) is 69.8 cm³/mol. The van der Waals surface area contributed by atoms with E-state index < -0.39 is 0 Å². The molecule has 96 valence electrons. The molecule has 2 heterocycles. The number of aromatic nitrogens is 1. The lowest BCUT2D eigenvalue weighted by Crippen LogP contribution is -2.42. The number of piperidine rings is 1. The van der Waals surface area contributed by atoms with E-state index in [0.29, 0.717) is 36.2 Å². The molecular formula is C12H14BrN3O2. The largest absolute Gasteiger partial charge is 0.369 e. The van der Waals surface area contributed by atoms with Crippen molar-refractivity contribution in [3.05, 3.63) is 28.5 Å². The zero-order valence-electron chi connectivity index (χ0n) is 9.80. The van der Waals surface area contributed by atoms with Crippen molar-refractivity contribution in [2.75, 3.05) is 13.1 Å². The molecular weight excluding hydrogens is 298 g/mol. The zero-order valence-corrected chi connectivity index (χ0v) is 11.4. The molecule has 0 spiro atoms. The summed E-state index contributed by atoms with van der Waals surface area (Å²) in [6.07, 6.45) is 1.27. The fourth-order valence-electron chi connectivity index (χ4n) is 2.06. The normalized spacial score (nSPS) is 16.6. The van der Waals surface area contributed by atoms with Crippen LogP contribution in [0.1, 0.15) is 23.3 Å². The third kappa shape index (κ3) is 2.87. The SMILES string of the molecule is NC(=O)C1CCN(C(=O)c2cccc(Br)n2)CC1. The maximum absolute atomic E-state index is 12.2. The Kier molecular flexibility index (Phi) is 3.96. The van der Waals surface area contributed by atoms with Gasteiger partial charge in [-0.2, -0.15) is 0 Å². The van der Waals surface area contributed by atoms with Crippen LogP contribution in [0.5, 0.6) is 0 Å². The summed E-state index contributed by atoms with van der Waals surface area (Å²) in [6.45, 7) is 1.11. The summed E-state index contributed by atoms with van der Waals surface area (Å²) in [5, 5.41) is 0. The second kappa shape index (κ2) is 5.48. The molecule has 0 radical (unpaired) electrons. The first-order chi connectivity index (χ1) is 8.58. The van der Waals surface area contributed by atoms with Gasteiger partial charge in [0, 0.05) is 19.0 Å². The third-order valence-electron chi connectivity index (χ3n) is 3.12. The van der Waals surface area contributed by atoms with E-state index >= 15 is 0 Å². The summed E-state index contributed by atoms with van der Waals surface area (Å²) < 4.78 is 0.639. The van der Waals surface area contributed by atoms with Gasteiger partial charge in [-0.3, -0.25) is 9.59 Å². The Morgan fingerprint density at radius 1 is 1.33 bits per heavy atom. The summed E-state index contributed by atoms with van der Waals surface area (Å²) >= 11 is 3.24. The van der Waals surface area contributed by atoms with Crippen LogP contribution in [0.15, 0.2) is 22.8 Å². The molecule has 1 aliphatic rings. The number of carbonyl (C=O) groups is 2. The highest BCUT2D eigenvalue weighted by Gasteiger charge is 2.26. The molecule has 2 amide bonds. The number of carbonyl (C=O) groups excluding carboxylic acids is 2. The minimum atomic E-state index is -0.275. The second-order valence-corrected chi connectivity index (χ2v) is 5.13. The van der Waals surface area contributed by atoms with Crippen molar-refractivity contribution in [3.8, 4) is 0 Å². The van der Waals surface area contributed by atoms with E-state index in [-0.39, 0.29) is 17.7 Å². The Bertz CT molecular complexity index is 470. The minimum Gasteiger partial charge on any atom is -0.369 e. The number of hydrogen-bond acceptors (Lipinski definition) is 3. The molecule has 1 aliphatic heterocycles. The van der Waals surface area contributed by atoms with E-state index in [9.17, 15) is 9.59 Å². The average Bonchev–Trinajstić information content (AvgIpc) is 2.38. The van der Waals surface area contributed by atoms with E-state index in [0.717, 1.165) is 0 Å². The number of nitrogens with zero attached hydrogens (tertiary/aromatic N) is 2. The lowest BCUT2D eigenvalue weighted by atomic mass is 9.96. The van der Waals surface area contributed by atoms with E-state index in [1.54, 1.807) is 23.1 Å². The fraction of sp³-hybridized carbons (Fsp3) is 0.417. The van der Waals surface area contributed by atoms with Gasteiger partial charge in [-0.25, -0.2) is 4.98 Å². The summed E-state index contributed by atoms with van der Waals surface area (Å²) in [4.78, 5) is 29.1. The van der Waals surface area contributed by atoms with Gasteiger partial charge in [-0.05, 0) is 40.9 Å². The summed E-state index contributed by atoms with van der Waals surface area (Å²) in [5.74, 6) is -0.480. The molecule has 6 heteroatoms. The van der Waals surface area contributed by atoms with Crippen LogP contribution in [-0.2, 0) is 4.79 Å². The van der Waals surface area contributed by atoms with Crippen molar-refractivity contribution in [2.45, 2.75) is 12.8 Å². The molecule has 1 aromatic heterocycles. The van der Waals surface area contributed by atoms with Gasteiger partial charge in [0.1, 0.15) is 10.3 Å². The number of likely N-dealkylation sites (tertiary alicyclic amines) is 1. The molecule has 2 N–H and O–H groups in total. The first-order valence-electron chi connectivity index (χ1n) is 5.79. The third-order valence-corrected chi connectivity index (χ3v) is 3.56. The zero-order chi connectivity index (χ0) is 13.1. The highest BCUT2D eigenvalue weighted by Crippen LogP contribution is 2.18. The first kappa shape index (κ1) is 13.0. The van der Waals surface area contributed by atoms with E-state index in [2.05, 4.69) is 20.9 Å². The highest BCUT2D eigenvalue weighted by molar-refractivity contribution is 9.10. The predicted octanol–water partition coefficient (Wildman–Crippen LogP) is 1.18. The molecule has 1 aromatic rings. The molecule has 2 rings (SSSR count). The fourth-order valence-corrected chi connectivity index (χ4v) is 2.40. The summed E-state index contributed by atoms with van der Waals surface area (Å²) in [6, 6.07) is 5.24. The number of rotatable bonds is 2. The molecule has 0 bridgehead atoms. The topological polar surface area (TPSA) is 76.3 Å². The molecule has 1 saturated heterocycles. The number of halogens is 1. The smallest absolute Gasteiger partial charge is 0.272 e. The van der Waals surface area contributed by atoms with Gasteiger partial charge >= 0.3 is 0 Å². The first-order valence-corrected chi connectivity index (χ1v) is 6.58. The molecule has 0 atom stereocenters. The molecule has 18 heavy (non-hydrogen) atoms. The molecule has 0 saturated carbocycles. The van der Waals surface area contributed by atoms with Gasteiger partial charge in [0.05, 0.1) is 0 Å². The van der Waals surface area contributed by atoms with Gasteiger partial charge in [0.25, 0.3) is 5.91 Å². The van der Waals surface area contributed by atoms with Gasteiger partial charge in [0.2, 0.25) is 5.91 Å². The van der Waals surface area contributed by atoms with Crippen molar-refractivity contribution < 1.29 is 9.59 Å². The van der Waals surface area contributed by atoms with Crippen LogP contribution in [0, 0.1) is 5.92 Å². The van der Waals surface area contributed by atoms with E-state index in [4.69, 9.17) is 5.73 Å². The average molecular weight is 312 g/mol. The molecule has 1 fully saturated rings. The Morgan fingerprint density at radius 3 is 2.56 bits per heavy atom. The van der Waals surface area contributed by atoms with Crippen molar-refractivity contribution in [1.82, 2.24) is 9.88 Å². The lowest BCUT2D eigenvalue weighted by Gasteiger charge is -2.30. The Balaban J connectivity index is 2.02. The van der Waals surface area contributed by atoms with Crippen LogP contribution in [0.25, 0.3) is 0 Å². The van der Waals surface area contributed by atoms with Crippen molar-refractivity contribution in [3.63, 3.8) is 0 Å². The Hall–Kier alpha value is -1.43. The molecule has 0 aliphatic carbocycles. The van der Waals surface area contributed by atoms with E-state index in [1.807, 2.05) is 0 Å². The van der Waals surface area contributed by atoms with Gasteiger partial charge < -0.3 is 10.6 Å².